The number of carbonyl (C=O) groups excluding carboxylic acids is 1. The minimum absolute atomic E-state index is 0.349. The van der Waals surface area contributed by atoms with E-state index in [0.29, 0.717) is 11.6 Å². The standard InChI is InChI=1S/C15H16N2O2/c1-10(2)13-6-11(4-5-15(13)19-3)14-7-12(8-18)16-9-17-14/h4-10H,1-3H3. The zero-order chi connectivity index (χ0) is 13.8. The molecule has 0 atom stereocenters. The maximum absolute atomic E-state index is 10.8. The summed E-state index contributed by atoms with van der Waals surface area (Å²) in [6.07, 6.45) is 2.12. The number of rotatable bonds is 4. The van der Waals surface area contributed by atoms with Gasteiger partial charge in [-0.25, -0.2) is 9.97 Å². The van der Waals surface area contributed by atoms with Gasteiger partial charge in [0.05, 0.1) is 12.8 Å². The molecule has 1 aromatic carbocycles. The minimum atomic E-state index is 0.349. The van der Waals surface area contributed by atoms with Crippen LogP contribution < -0.4 is 4.74 Å². The fourth-order valence-electron chi connectivity index (χ4n) is 1.94. The number of nitrogens with zero attached hydrogens (tertiary/aromatic N) is 2. The van der Waals surface area contributed by atoms with Crippen molar-refractivity contribution >= 4 is 6.29 Å². The predicted octanol–water partition coefficient (Wildman–Crippen LogP) is 3.09. The average molecular weight is 256 g/mol. The van der Waals surface area contributed by atoms with Gasteiger partial charge in [-0.3, -0.25) is 4.79 Å². The monoisotopic (exact) mass is 256 g/mol. The van der Waals surface area contributed by atoms with Crippen LogP contribution in [0, 0.1) is 0 Å². The first-order valence-corrected chi connectivity index (χ1v) is 6.11. The quantitative estimate of drug-likeness (QED) is 0.789. The van der Waals surface area contributed by atoms with E-state index in [2.05, 4.69) is 23.8 Å². The third-order valence-electron chi connectivity index (χ3n) is 2.96. The summed E-state index contributed by atoms with van der Waals surface area (Å²) in [4.78, 5) is 18.8. The van der Waals surface area contributed by atoms with Crippen LogP contribution in [0.3, 0.4) is 0 Å². The number of hydrogen-bond donors (Lipinski definition) is 0. The molecule has 0 aliphatic heterocycles. The van der Waals surface area contributed by atoms with Crippen LogP contribution in [0.2, 0.25) is 0 Å². The molecule has 0 bridgehead atoms. The Balaban J connectivity index is 2.50. The summed E-state index contributed by atoms with van der Waals surface area (Å²) in [5, 5.41) is 0. The first-order chi connectivity index (χ1) is 9.15. The second kappa shape index (κ2) is 5.61. The summed E-state index contributed by atoms with van der Waals surface area (Å²) in [6.45, 7) is 4.22. The van der Waals surface area contributed by atoms with Crippen molar-refractivity contribution in [3.05, 3.63) is 41.9 Å². The Morgan fingerprint density at radius 1 is 1.21 bits per heavy atom. The van der Waals surface area contributed by atoms with Crippen LogP contribution in [-0.2, 0) is 0 Å². The lowest BCUT2D eigenvalue weighted by molar-refractivity contribution is 0.111. The summed E-state index contributed by atoms with van der Waals surface area (Å²) in [5.74, 6) is 1.21. The lowest BCUT2D eigenvalue weighted by atomic mass is 9.98. The van der Waals surface area contributed by atoms with Crippen LogP contribution >= 0.6 is 0 Å². The van der Waals surface area contributed by atoms with Crippen molar-refractivity contribution in [3.63, 3.8) is 0 Å². The third-order valence-corrected chi connectivity index (χ3v) is 2.96. The highest BCUT2D eigenvalue weighted by Crippen LogP contribution is 2.30. The van der Waals surface area contributed by atoms with Crippen LogP contribution in [0.15, 0.2) is 30.6 Å². The molecule has 0 radical (unpaired) electrons. The number of hydrogen-bond acceptors (Lipinski definition) is 4. The molecule has 0 unspecified atom stereocenters. The van der Waals surface area contributed by atoms with Gasteiger partial charge in [0.25, 0.3) is 0 Å². The SMILES string of the molecule is COc1ccc(-c2cc(C=O)ncn2)cc1C(C)C. The second-order valence-electron chi connectivity index (χ2n) is 4.56. The Labute approximate surface area is 112 Å². The fourth-order valence-corrected chi connectivity index (χ4v) is 1.94. The van der Waals surface area contributed by atoms with Crippen molar-refractivity contribution < 1.29 is 9.53 Å². The molecule has 2 aromatic rings. The van der Waals surface area contributed by atoms with Gasteiger partial charge in [-0.15, -0.1) is 0 Å². The third kappa shape index (κ3) is 2.78. The topological polar surface area (TPSA) is 52.1 Å². The molecule has 0 aliphatic carbocycles. The van der Waals surface area contributed by atoms with Crippen LogP contribution in [0.1, 0.15) is 35.8 Å². The van der Waals surface area contributed by atoms with E-state index in [1.807, 2.05) is 18.2 Å². The molecule has 4 heteroatoms. The highest BCUT2D eigenvalue weighted by Gasteiger charge is 2.10. The Morgan fingerprint density at radius 2 is 2.00 bits per heavy atom. The van der Waals surface area contributed by atoms with Gasteiger partial charge in [0.1, 0.15) is 17.8 Å². The average Bonchev–Trinajstić information content (AvgIpc) is 2.46. The molecule has 0 N–H and O–H groups in total. The molecule has 2 rings (SSSR count). The van der Waals surface area contributed by atoms with Crippen LogP contribution in [-0.4, -0.2) is 23.4 Å². The van der Waals surface area contributed by atoms with Crippen LogP contribution in [0.25, 0.3) is 11.3 Å². The van der Waals surface area contributed by atoms with Crippen LogP contribution in [0.5, 0.6) is 5.75 Å². The summed E-state index contributed by atoms with van der Waals surface area (Å²) < 4.78 is 5.35. The molecule has 0 saturated carbocycles. The first kappa shape index (κ1) is 13.2. The van der Waals surface area contributed by atoms with Crippen molar-refractivity contribution in [1.29, 1.82) is 0 Å². The molecule has 0 aliphatic rings. The second-order valence-corrected chi connectivity index (χ2v) is 4.56. The molecular weight excluding hydrogens is 240 g/mol. The number of ether oxygens (including phenoxy) is 1. The smallest absolute Gasteiger partial charge is 0.168 e. The first-order valence-electron chi connectivity index (χ1n) is 6.11. The number of methoxy groups -OCH3 is 1. The molecule has 0 spiro atoms. The van der Waals surface area contributed by atoms with E-state index in [9.17, 15) is 4.79 Å². The van der Waals surface area contributed by atoms with Crippen molar-refractivity contribution in [1.82, 2.24) is 9.97 Å². The van der Waals surface area contributed by atoms with E-state index >= 15 is 0 Å². The molecule has 1 aromatic heterocycles. The van der Waals surface area contributed by atoms with Crippen molar-refractivity contribution in [2.24, 2.45) is 0 Å². The zero-order valence-electron chi connectivity index (χ0n) is 11.3. The Kier molecular flexibility index (Phi) is 3.90. The van der Waals surface area contributed by atoms with E-state index in [1.54, 1.807) is 13.2 Å². The molecule has 4 nitrogen and oxygen atoms in total. The number of aromatic nitrogens is 2. The summed E-state index contributed by atoms with van der Waals surface area (Å²) in [5.41, 5.74) is 3.19. The Morgan fingerprint density at radius 3 is 2.63 bits per heavy atom. The van der Waals surface area contributed by atoms with Gasteiger partial charge in [-0.2, -0.15) is 0 Å². The van der Waals surface area contributed by atoms with E-state index in [0.717, 1.165) is 28.9 Å². The lowest BCUT2D eigenvalue weighted by Crippen LogP contribution is -1.96. The zero-order valence-corrected chi connectivity index (χ0v) is 11.3. The van der Waals surface area contributed by atoms with Crippen molar-refractivity contribution in [2.75, 3.05) is 7.11 Å². The van der Waals surface area contributed by atoms with Crippen molar-refractivity contribution in [3.8, 4) is 17.0 Å². The van der Waals surface area contributed by atoms with Gasteiger partial charge < -0.3 is 4.74 Å². The van der Waals surface area contributed by atoms with Crippen LogP contribution in [0.4, 0.5) is 0 Å². The fraction of sp³-hybridized carbons (Fsp3) is 0.267. The molecule has 0 fully saturated rings. The number of benzene rings is 1. The Bertz CT molecular complexity index is 594. The van der Waals surface area contributed by atoms with Gasteiger partial charge in [0.15, 0.2) is 6.29 Å². The van der Waals surface area contributed by atoms with Gasteiger partial charge >= 0.3 is 0 Å². The highest BCUT2D eigenvalue weighted by atomic mass is 16.5. The normalized spacial score (nSPS) is 10.5. The summed E-state index contributed by atoms with van der Waals surface area (Å²) >= 11 is 0. The lowest BCUT2D eigenvalue weighted by Gasteiger charge is -2.13. The van der Waals surface area contributed by atoms with Gasteiger partial charge in [-0.05, 0) is 35.7 Å². The molecule has 1 heterocycles. The molecule has 98 valence electrons. The highest BCUT2D eigenvalue weighted by molar-refractivity contribution is 5.75. The summed E-state index contributed by atoms with van der Waals surface area (Å²) in [7, 11) is 1.66. The number of aldehydes is 1. The maximum Gasteiger partial charge on any atom is 0.168 e. The van der Waals surface area contributed by atoms with E-state index < -0.39 is 0 Å². The van der Waals surface area contributed by atoms with Gasteiger partial charge in [-0.1, -0.05) is 13.8 Å². The molecule has 0 saturated heterocycles. The van der Waals surface area contributed by atoms with Crippen molar-refractivity contribution in [2.45, 2.75) is 19.8 Å². The van der Waals surface area contributed by atoms with Gasteiger partial charge in [0.2, 0.25) is 0 Å². The summed E-state index contributed by atoms with van der Waals surface area (Å²) in [6, 6.07) is 7.58. The van der Waals surface area contributed by atoms with E-state index in [-0.39, 0.29) is 0 Å². The number of carbonyl (C=O) groups is 1. The minimum Gasteiger partial charge on any atom is -0.496 e. The van der Waals surface area contributed by atoms with Gasteiger partial charge in [0, 0.05) is 5.56 Å². The maximum atomic E-state index is 10.8. The molecule has 19 heavy (non-hydrogen) atoms. The molecular formula is C15H16N2O2. The largest absolute Gasteiger partial charge is 0.496 e. The Hall–Kier alpha value is -2.23. The predicted molar refractivity (Wildman–Crippen MR) is 73.5 cm³/mol. The van der Waals surface area contributed by atoms with E-state index in [4.69, 9.17) is 4.74 Å². The molecule has 0 amide bonds. The van der Waals surface area contributed by atoms with E-state index in [1.165, 1.54) is 6.33 Å².